The predicted octanol–water partition coefficient (Wildman–Crippen LogP) is 1.17. The summed E-state index contributed by atoms with van der Waals surface area (Å²) in [7, 11) is 0. The highest BCUT2D eigenvalue weighted by molar-refractivity contribution is 5.94. The summed E-state index contributed by atoms with van der Waals surface area (Å²) in [6.07, 6.45) is 1.58. The van der Waals surface area contributed by atoms with E-state index in [0.717, 1.165) is 5.56 Å². The Hall–Kier alpha value is -2.24. The standard InChI is InChI=1S/C16H19N3O2/c17-11-15-10-14(6-7-18-15)16(21)19(8-9-20)12-13-4-2-1-3-5-13/h1-7,10,20H,8-9,11-12,17H2. The van der Waals surface area contributed by atoms with Crippen molar-refractivity contribution < 1.29 is 9.90 Å². The Labute approximate surface area is 124 Å². The van der Waals surface area contributed by atoms with Crippen LogP contribution in [0.25, 0.3) is 0 Å². The Bertz CT molecular complexity index is 587. The van der Waals surface area contributed by atoms with Gasteiger partial charge in [0.2, 0.25) is 0 Å². The number of nitrogens with zero attached hydrogens (tertiary/aromatic N) is 2. The van der Waals surface area contributed by atoms with Gasteiger partial charge in [-0.2, -0.15) is 0 Å². The fraction of sp³-hybridized carbons (Fsp3) is 0.250. The van der Waals surface area contributed by atoms with Gasteiger partial charge in [0.25, 0.3) is 5.91 Å². The van der Waals surface area contributed by atoms with E-state index in [4.69, 9.17) is 5.73 Å². The average molecular weight is 285 g/mol. The molecule has 0 aliphatic carbocycles. The summed E-state index contributed by atoms with van der Waals surface area (Å²) < 4.78 is 0. The monoisotopic (exact) mass is 285 g/mol. The summed E-state index contributed by atoms with van der Waals surface area (Å²) >= 11 is 0. The molecule has 1 heterocycles. The van der Waals surface area contributed by atoms with Crippen LogP contribution in [0.1, 0.15) is 21.6 Å². The summed E-state index contributed by atoms with van der Waals surface area (Å²) in [6, 6.07) is 13.0. The first kappa shape index (κ1) is 15.2. The molecule has 21 heavy (non-hydrogen) atoms. The summed E-state index contributed by atoms with van der Waals surface area (Å²) in [6.45, 7) is 0.960. The number of benzene rings is 1. The van der Waals surface area contributed by atoms with Gasteiger partial charge in [0, 0.05) is 31.4 Å². The van der Waals surface area contributed by atoms with Gasteiger partial charge in [0.05, 0.1) is 12.3 Å². The van der Waals surface area contributed by atoms with E-state index in [1.165, 1.54) is 0 Å². The molecular formula is C16H19N3O2. The lowest BCUT2D eigenvalue weighted by molar-refractivity contribution is 0.0707. The molecule has 0 saturated carbocycles. The number of hydrogen-bond donors (Lipinski definition) is 2. The SMILES string of the molecule is NCc1cc(C(=O)N(CCO)Cc2ccccc2)ccn1. The number of aliphatic hydroxyl groups excluding tert-OH is 1. The largest absolute Gasteiger partial charge is 0.395 e. The summed E-state index contributed by atoms with van der Waals surface area (Å²) in [4.78, 5) is 18.3. The van der Waals surface area contributed by atoms with E-state index in [2.05, 4.69) is 4.98 Å². The number of hydrogen-bond acceptors (Lipinski definition) is 4. The minimum absolute atomic E-state index is 0.0760. The van der Waals surface area contributed by atoms with Crippen molar-refractivity contribution in [2.24, 2.45) is 5.73 Å². The highest BCUT2D eigenvalue weighted by Crippen LogP contribution is 2.10. The molecule has 3 N–H and O–H groups in total. The van der Waals surface area contributed by atoms with E-state index < -0.39 is 0 Å². The molecule has 0 aliphatic heterocycles. The maximum atomic E-state index is 12.6. The second-order valence-electron chi connectivity index (χ2n) is 4.68. The molecule has 1 aromatic heterocycles. The van der Waals surface area contributed by atoms with Crippen LogP contribution in [0.4, 0.5) is 0 Å². The topological polar surface area (TPSA) is 79.5 Å². The fourth-order valence-electron chi connectivity index (χ4n) is 2.08. The van der Waals surface area contributed by atoms with E-state index in [-0.39, 0.29) is 19.1 Å². The van der Waals surface area contributed by atoms with Gasteiger partial charge in [-0.05, 0) is 17.7 Å². The second-order valence-corrected chi connectivity index (χ2v) is 4.68. The Morgan fingerprint density at radius 3 is 2.67 bits per heavy atom. The van der Waals surface area contributed by atoms with Gasteiger partial charge >= 0.3 is 0 Å². The van der Waals surface area contributed by atoms with Crippen LogP contribution < -0.4 is 5.73 Å². The number of aromatic nitrogens is 1. The van der Waals surface area contributed by atoms with Crippen LogP contribution in [0.15, 0.2) is 48.7 Å². The number of carbonyl (C=O) groups is 1. The van der Waals surface area contributed by atoms with E-state index in [1.54, 1.807) is 23.2 Å². The molecule has 2 aromatic rings. The number of aliphatic hydroxyl groups is 1. The average Bonchev–Trinajstić information content (AvgIpc) is 2.55. The van der Waals surface area contributed by atoms with Crippen molar-refractivity contribution in [1.82, 2.24) is 9.88 Å². The van der Waals surface area contributed by atoms with Crippen LogP contribution in [0, 0.1) is 0 Å². The molecule has 1 aromatic carbocycles. The number of nitrogens with two attached hydrogens (primary N) is 1. The maximum absolute atomic E-state index is 12.6. The Morgan fingerprint density at radius 1 is 1.24 bits per heavy atom. The smallest absolute Gasteiger partial charge is 0.254 e. The van der Waals surface area contributed by atoms with Crippen molar-refractivity contribution in [1.29, 1.82) is 0 Å². The van der Waals surface area contributed by atoms with Crippen LogP contribution >= 0.6 is 0 Å². The normalized spacial score (nSPS) is 10.4. The number of carbonyl (C=O) groups excluding carboxylic acids is 1. The van der Waals surface area contributed by atoms with Gasteiger partial charge in [0.1, 0.15) is 0 Å². The van der Waals surface area contributed by atoms with E-state index in [1.807, 2.05) is 30.3 Å². The highest BCUT2D eigenvalue weighted by atomic mass is 16.3. The van der Waals surface area contributed by atoms with Crippen molar-refractivity contribution >= 4 is 5.91 Å². The first-order valence-electron chi connectivity index (χ1n) is 6.83. The van der Waals surface area contributed by atoms with Crippen LogP contribution in [0.5, 0.6) is 0 Å². The molecular weight excluding hydrogens is 266 g/mol. The quantitative estimate of drug-likeness (QED) is 0.835. The van der Waals surface area contributed by atoms with Gasteiger partial charge in [-0.25, -0.2) is 0 Å². The lowest BCUT2D eigenvalue weighted by atomic mass is 10.1. The molecule has 0 bridgehead atoms. The molecule has 110 valence electrons. The number of amides is 1. The molecule has 1 amide bonds. The van der Waals surface area contributed by atoms with Gasteiger partial charge in [0.15, 0.2) is 0 Å². The van der Waals surface area contributed by atoms with E-state index >= 15 is 0 Å². The minimum Gasteiger partial charge on any atom is -0.395 e. The third-order valence-electron chi connectivity index (χ3n) is 3.15. The van der Waals surface area contributed by atoms with E-state index in [9.17, 15) is 9.90 Å². The van der Waals surface area contributed by atoms with Crippen molar-refractivity contribution in [3.8, 4) is 0 Å². The Morgan fingerprint density at radius 2 is 2.00 bits per heavy atom. The zero-order valence-corrected chi connectivity index (χ0v) is 11.8. The summed E-state index contributed by atoms with van der Waals surface area (Å²) in [5.74, 6) is -0.134. The number of pyridine rings is 1. The first-order chi connectivity index (χ1) is 10.2. The van der Waals surface area contributed by atoms with Crippen molar-refractivity contribution in [3.63, 3.8) is 0 Å². The lowest BCUT2D eigenvalue weighted by Crippen LogP contribution is -2.33. The van der Waals surface area contributed by atoms with Crippen LogP contribution in [0.3, 0.4) is 0 Å². The molecule has 2 rings (SSSR count). The summed E-state index contributed by atoms with van der Waals surface area (Å²) in [5, 5.41) is 9.19. The zero-order chi connectivity index (χ0) is 15.1. The maximum Gasteiger partial charge on any atom is 0.254 e. The molecule has 0 fully saturated rings. The molecule has 0 unspecified atom stereocenters. The lowest BCUT2D eigenvalue weighted by Gasteiger charge is -2.22. The van der Waals surface area contributed by atoms with Gasteiger partial charge in [-0.1, -0.05) is 30.3 Å². The van der Waals surface area contributed by atoms with Crippen LogP contribution in [-0.4, -0.2) is 34.0 Å². The zero-order valence-electron chi connectivity index (χ0n) is 11.8. The highest BCUT2D eigenvalue weighted by Gasteiger charge is 2.16. The third-order valence-corrected chi connectivity index (χ3v) is 3.15. The molecule has 0 radical (unpaired) electrons. The summed E-state index contributed by atoms with van der Waals surface area (Å²) in [5.41, 5.74) is 7.78. The number of rotatable bonds is 6. The van der Waals surface area contributed by atoms with Crippen molar-refractivity contribution in [2.45, 2.75) is 13.1 Å². The molecule has 0 saturated heterocycles. The fourth-order valence-corrected chi connectivity index (χ4v) is 2.08. The third kappa shape index (κ3) is 4.11. The molecule has 0 spiro atoms. The first-order valence-corrected chi connectivity index (χ1v) is 6.83. The van der Waals surface area contributed by atoms with Gasteiger partial charge in [-0.3, -0.25) is 9.78 Å². The molecule has 0 atom stereocenters. The second kappa shape index (κ2) is 7.52. The molecule has 0 aliphatic rings. The van der Waals surface area contributed by atoms with Crippen molar-refractivity contribution in [2.75, 3.05) is 13.2 Å². The van der Waals surface area contributed by atoms with Crippen LogP contribution in [-0.2, 0) is 13.1 Å². The van der Waals surface area contributed by atoms with Gasteiger partial charge < -0.3 is 15.7 Å². The minimum atomic E-state index is -0.134. The molecule has 5 heteroatoms. The van der Waals surface area contributed by atoms with Gasteiger partial charge in [-0.15, -0.1) is 0 Å². The van der Waals surface area contributed by atoms with Crippen molar-refractivity contribution in [3.05, 3.63) is 65.5 Å². The van der Waals surface area contributed by atoms with E-state index in [0.29, 0.717) is 24.3 Å². The predicted molar refractivity (Wildman–Crippen MR) is 80.4 cm³/mol. The Kier molecular flexibility index (Phi) is 5.43. The Balaban J connectivity index is 2.18. The van der Waals surface area contributed by atoms with Crippen LogP contribution in [0.2, 0.25) is 0 Å². The molecule has 5 nitrogen and oxygen atoms in total.